The number of piperidine rings is 2. The van der Waals surface area contributed by atoms with E-state index >= 15 is 0 Å². The third-order valence-electron chi connectivity index (χ3n) is 6.26. The summed E-state index contributed by atoms with van der Waals surface area (Å²) in [5.74, 6) is 0.334. The number of rotatable bonds is 6. The van der Waals surface area contributed by atoms with E-state index in [0.717, 1.165) is 31.5 Å². The zero-order chi connectivity index (χ0) is 20.0. The van der Waals surface area contributed by atoms with Gasteiger partial charge in [0.2, 0.25) is 5.91 Å². The van der Waals surface area contributed by atoms with E-state index in [-0.39, 0.29) is 11.8 Å². The average Bonchev–Trinajstić information content (AvgIpc) is 2.71. The number of aromatic nitrogens is 1. The van der Waals surface area contributed by atoms with Gasteiger partial charge in [-0.3, -0.25) is 14.7 Å². The van der Waals surface area contributed by atoms with Crippen LogP contribution in [0.15, 0.2) is 24.5 Å². The molecule has 3 rings (SSSR count). The standard InChI is InChI=1S/C23H38N4O/c1-23(2,3)10-15-26-13-8-21(9-14-26)27-12-5-7-20(18-27)22(28)25-17-19-6-4-11-24-16-19/h4,6,11,16,20-21H,5,7-10,12-15,17-18H2,1-3H3,(H,25,28)/t20-/m0/s1. The van der Waals surface area contributed by atoms with Gasteiger partial charge in [0, 0.05) is 31.5 Å². The lowest BCUT2D eigenvalue weighted by Crippen LogP contribution is -2.51. The Hall–Kier alpha value is -1.46. The van der Waals surface area contributed by atoms with Crippen molar-refractivity contribution in [3.05, 3.63) is 30.1 Å². The molecule has 1 aromatic rings. The normalized spacial score (nSPS) is 22.9. The number of pyridine rings is 1. The zero-order valence-electron chi connectivity index (χ0n) is 18.0. The molecule has 0 radical (unpaired) electrons. The van der Waals surface area contributed by atoms with Crippen LogP contribution >= 0.6 is 0 Å². The summed E-state index contributed by atoms with van der Waals surface area (Å²) in [5, 5.41) is 3.12. The third kappa shape index (κ3) is 6.56. The smallest absolute Gasteiger partial charge is 0.224 e. The molecule has 0 aliphatic carbocycles. The van der Waals surface area contributed by atoms with Crippen LogP contribution < -0.4 is 5.32 Å². The molecule has 0 spiro atoms. The highest BCUT2D eigenvalue weighted by molar-refractivity contribution is 5.78. The van der Waals surface area contributed by atoms with Crippen LogP contribution in [0.4, 0.5) is 0 Å². The second-order valence-corrected chi connectivity index (χ2v) is 9.80. The molecule has 28 heavy (non-hydrogen) atoms. The maximum absolute atomic E-state index is 12.7. The van der Waals surface area contributed by atoms with Crippen molar-refractivity contribution in [3.8, 4) is 0 Å². The lowest BCUT2D eigenvalue weighted by molar-refractivity contribution is -0.127. The predicted molar refractivity (Wildman–Crippen MR) is 114 cm³/mol. The predicted octanol–water partition coefficient (Wildman–Crippen LogP) is 3.31. The Balaban J connectivity index is 1.41. The molecule has 2 aliphatic rings. The molecule has 5 heteroatoms. The number of hydrogen-bond donors (Lipinski definition) is 1. The van der Waals surface area contributed by atoms with Crippen molar-refractivity contribution in [1.29, 1.82) is 0 Å². The summed E-state index contributed by atoms with van der Waals surface area (Å²) in [7, 11) is 0. The molecule has 2 aliphatic heterocycles. The minimum absolute atomic E-state index is 0.129. The Bertz CT molecular complexity index is 605. The Morgan fingerprint density at radius 2 is 2.00 bits per heavy atom. The highest BCUT2D eigenvalue weighted by Crippen LogP contribution is 2.25. The fraction of sp³-hybridized carbons (Fsp3) is 0.739. The van der Waals surface area contributed by atoms with Gasteiger partial charge in [0.25, 0.3) is 0 Å². The van der Waals surface area contributed by atoms with E-state index in [9.17, 15) is 4.79 Å². The summed E-state index contributed by atoms with van der Waals surface area (Å²) in [5.41, 5.74) is 1.48. The van der Waals surface area contributed by atoms with Gasteiger partial charge in [-0.2, -0.15) is 0 Å². The zero-order valence-corrected chi connectivity index (χ0v) is 18.0. The molecule has 1 amide bonds. The van der Waals surface area contributed by atoms with Crippen LogP contribution in [0, 0.1) is 11.3 Å². The highest BCUT2D eigenvalue weighted by atomic mass is 16.1. The van der Waals surface area contributed by atoms with Crippen LogP contribution in [-0.4, -0.2) is 59.5 Å². The first kappa shape index (κ1) is 21.3. The topological polar surface area (TPSA) is 48.5 Å². The highest BCUT2D eigenvalue weighted by Gasteiger charge is 2.31. The number of nitrogens with one attached hydrogen (secondary N) is 1. The third-order valence-corrected chi connectivity index (χ3v) is 6.26. The summed E-state index contributed by atoms with van der Waals surface area (Å²) in [6.07, 6.45) is 9.48. The van der Waals surface area contributed by atoms with Gasteiger partial charge < -0.3 is 10.2 Å². The monoisotopic (exact) mass is 386 g/mol. The van der Waals surface area contributed by atoms with Crippen LogP contribution in [0.5, 0.6) is 0 Å². The molecular weight excluding hydrogens is 348 g/mol. The van der Waals surface area contributed by atoms with Gasteiger partial charge in [-0.05, 0) is 75.3 Å². The van der Waals surface area contributed by atoms with Crippen molar-refractivity contribution >= 4 is 5.91 Å². The number of nitrogens with zero attached hydrogens (tertiary/aromatic N) is 3. The van der Waals surface area contributed by atoms with Crippen LogP contribution in [0.1, 0.15) is 58.4 Å². The summed E-state index contributed by atoms with van der Waals surface area (Å²) in [6.45, 7) is 13.3. The molecule has 0 unspecified atom stereocenters. The number of amides is 1. The minimum atomic E-state index is 0.129. The molecule has 0 aromatic carbocycles. The molecule has 1 atom stereocenters. The van der Waals surface area contributed by atoms with Crippen molar-refractivity contribution < 1.29 is 4.79 Å². The van der Waals surface area contributed by atoms with Crippen LogP contribution in [0.2, 0.25) is 0 Å². The van der Waals surface area contributed by atoms with Gasteiger partial charge in [-0.25, -0.2) is 0 Å². The first-order valence-corrected chi connectivity index (χ1v) is 11.0. The lowest BCUT2D eigenvalue weighted by Gasteiger charge is -2.42. The molecule has 2 fully saturated rings. The Morgan fingerprint density at radius 1 is 1.21 bits per heavy atom. The van der Waals surface area contributed by atoms with E-state index in [4.69, 9.17) is 0 Å². The Kier molecular flexibility index (Phi) is 7.47. The maximum atomic E-state index is 12.7. The van der Waals surface area contributed by atoms with E-state index in [1.165, 1.54) is 38.9 Å². The molecule has 3 heterocycles. The van der Waals surface area contributed by atoms with Gasteiger partial charge in [0.15, 0.2) is 0 Å². The second-order valence-electron chi connectivity index (χ2n) is 9.80. The lowest BCUT2D eigenvalue weighted by atomic mass is 9.91. The largest absolute Gasteiger partial charge is 0.352 e. The van der Waals surface area contributed by atoms with E-state index in [1.54, 1.807) is 6.20 Å². The first-order chi connectivity index (χ1) is 13.4. The van der Waals surface area contributed by atoms with Crippen molar-refractivity contribution in [2.45, 2.75) is 65.5 Å². The van der Waals surface area contributed by atoms with Crippen molar-refractivity contribution in [3.63, 3.8) is 0 Å². The quantitative estimate of drug-likeness (QED) is 0.815. The van der Waals surface area contributed by atoms with Gasteiger partial charge in [0.05, 0.1) is 5.92 Å². The number of likely N-dealkylation sites (tertiary alicyclic amines) is 2. The van der Waals surface area contributed by atoms with E-state index in [0.29, 0.717) is 18.0 Å². The van der Waals surface area contributed by atoms with Gasteiger partial charge in [-0.15, -0.1) is 0 Å². The molecule has 0 bridgehead atoms. The molecule has 1 N–H and O–H groups in total. The average molecular weight is 387 g/mol. The molecule has 1 aromatic heterocycles. The summed E-state index contributed by atoms with van der Waals surface area (Å²) in [4.78, 5) is 22.0. The first-order valence-electron chi connectivity index (χ1n) is 11.0. The minimum Gasteiger partial charge on any atom is -0.352 e. The van der Waals surface area contributed by atoms with Crippen LogP contribution in [-0.2, 0) is 11.3 Å². The summed E-state index contributed by atoms with van der Waals surface area (Å²) >= 11 is 0. The summed E-state index contributed by atoms with van der Waals surface area (Å²) < 4.78 is 0. The van der Waals surface area contributed by atoms with Crippen LogP contribution in [0.25, 0.3) is 0 Å². The Morgan fingerprint density at radius 3 is 2.68 bits per heavy atom. The van der Waals surface area contributed by atoms with E-state index in [2.05, 4.69) is 40.9 Å². The molecule has 156 valence electrons. The fourth-order valence-corrected chi connectivity index (χ4v) is 4.39. The Labute approximate surface area is 170 Å². The molecule has 5 nitrogen and oxygen atoms in total. The van der Waals surface area contributed by atoms with E-state index < -0.39 is 0 Å². The van der Waals surface area contributed by atoms with Crippen molar-refractivity contribution in [2.24, 2.45) is 11.3 Å². The van der Waals surface area contributed by atoms with Gasteiger partial charge >= 0.3 is 0 Å². The number of carbonyl (C=O) groups excluding carboxylic acids is 1. The molecule has 0 saturated carbocycles. The SMILES string of the molecule is CC(C)(C)CCN1CCC(N2CCC[C@H](C(=O)NCc3cccnc3)C2)CC1. The maximum Gasteiger partial charge on any atom is 0.224 e. The molecular formula is C23H38N4O. The van der Waals surface area contributed by atoms with Gasteiger partial charge in [0.1, 0.15) is 0 Å². The van der Waals surface area contributed by atoms with Gasteiger partial charge in [-0.1, -0.05) is 26.8 Å². The van der Waals surface area contributed by atoms with E-state index in [1.807, 2.05) is 18.3 Å². The molecule has 2 saturated heterocycles. The van der Waals surface area contributed by atoms with Crippen molar-refractivity contribution in [1.82, 2.24) is 20.1 Å². The van der Waals surface area contributed by atoms with Crippen LogP contribution in [0.3, 0.4) is 0 Å². The number of carbonyl (C=O) groups is 1. The summed E-state index contributed by atoms with van der Waals surface area (Å²) in [6, 6.07) is 4.57. The number of hydrogen-bond acceptors (Lipinski definition) is 4. The van der Waals surface area contributed by atoms with Crippen molar-refractivity contribution in [2.75, 3.05) is 32.7 Å². The second kappa shape index (κ2) is 9.84. The fourth-order valence-electron chi connectivity index (χ4n) is 4.39.